The maximum atomic E-state index is 9.24. The number of hydrogen-bond acceptors (Lipinski definition) is 2. The lowest BCUT2D eigenvalue weighted by molar-refractivity contribution is 0.253. The van der Waals surface area contributed by atoms with Crippen LogP contribution in [0.4, 0.5) is 0 Å². The fraction of sp³-hybridized carbons (Fsp3) is 0.571. The highest BCUT2D eigenvalue weighted by Gasteiger charge is 2.16. The Morgan fingerprint density at radius 1 is 1.23 bits per heavy atom. The van der Waals surface area contributed by atoms with Gasteiger partial charge in [0.25, 0.3) is 0 Å². The Morgan fingerprint density at radius 2 is 2.00 bits per heavy atom. The topological polar surface area (TPSA) is 47.9 Å². The van der Waals surface area contributed by atoms with E-state index in [-0.39, 0.29) is 30.6 Å². The molecular weight excluding hydrogens is 437 g/mol. The lowest BCUT2D eigenvalue weighted by Gasteiger charge is -2.30. The normalized spacial score (nSPS) is 15.9. The average Bonchev–Trinajstić information content (AvgIpc) is 2.66. The van der Waals surface area contributed by atoms with Crippen molar-refractivity contribution in [3.05, 3.63) is 42.0 Å². The van der Waals surface area contributed by atoms with E-state index in [0.717, 1.165) is 57.8 Å². The van der Waals surface area contributed by atoms with Gasteiger partial charge < -0.3 is 15.3 Å². The van der Waals surface area contributed by atoms with Gasteiger partial charge in [0.1, 0.15) is 0 Å². The molecule has 0 radical (unpaired) electrons. The molecule has 1 unspecified atom stereocenters. The molecule has 1 aliphatic rings. The van der Waals surface area contributed by atoms with Crippen molar-refractivity contribution in [2.24, 2.45) is 10.9 Å². The maximum absolute atomic E-state index is 9.24. The largest absolute Gasteiger partial charge is 0.396 e. The van der Waals surface area contributed by atoms with Crippen LogP contribution in [0.25, 0.3) is 5.57 Å². The predicted octanol–water partition coefficient (Wildman–Crippen LogP) is 4.16. The van der Waals surface area contributed by atoms with Crippen molar-refractivity contribution in [3.8, 4) is 0 Å². The lowest BCUT2D eigenvalue weighted by Crippen LogP contribution is -2.43. The number of nitrogens with zero attached hydrogens (tertiary/aromatic N) is 2. The van der Waals surface area contributed by atoms with Crippen LogP contribution in [0.5, 0.6) is 0 Å². The van der Waals surface area contributed by atoms with Crippen molar-refractivity contribution in [2.45, 2.75) is 39.5 Å². The SMILES string of the molecule is CCCC(CCO)CN=C(NCC)N1CC=C(c2ccccc2)CC1.I. The molecule has 0 saturated heterocycles. The van der Waals surface area contributed by atoms with Gasteiger partial charge in [0.15, 0.2) is 5.96 Å². The van der Waals surface area contributed by atoms with E-state index in [1.165, 1.54) is 11.1 Å². The van der Waals surface area contributed by atoms with Crippen molar-refractivity contribution in [3.63, 3.8) is 0 Å². The molecule has 0 amide bonds. The molecule has 1 heterocycles. The van der Waals surface area contributed by atoms with E-state index in [2.05, 4.69) is 60.5 Å². The summed E-state index contributed by atoms with van der Waals surface area (Å²) in [5.74, 6) is 1.48. The molecule has 0 saturated carbocycles. The van der Waals surface area contributed by atoms with E-state index >= 15 is 0 Å². The summed E-state index contributed by atoms with van der Waals surface area (Å²) in [7, 11) is 0. The highest BCUT2D eigenvalue weighted by molar-refractivity contribution is 14.0. The highest BCUT2D eigenvalue weighted by atomic mass is 127. The minimum atomic E-state index is 0. The van der Waals surface area contributed by atoms with E-state index < -0.39 is 0 Å². The maximum Gasteiger partial charge on any atom is 0.194 e. The highest BCUT2D eigenvalue weighted by Crippen LogP contribution is 2.22. The van der Waals surface area contributed by atoms with Crippen LogP contribution in [0.2, 0.25) is 0 Å². The van der Waals surface area contributed by atoms with Gasteiger partial charge in [-0.05, 0) is 43.2 Å². The molecule has 1 aromatic carbocycles. The smallest absolute Gasteiger partial charge is 0.194 e. The standard InChI is InChI=1S/C21H33N3O.HI/c1-3-8-18(13-16-25)17-23-21(22-4-2)24-14-11-20(12-15-24)19-9-6-5-7-10-19;/h5-7,9-11,18,25H,3-4,8,12-17H2,1-2H3,(H,22,23);1H. The van der Waals surface area contributed by atoms with Crippen LogP contribution in [-0.4, -0.2) is 48.8 Å². The fourth-order valence-corrected chi connectivity index (χ4v) is 3.34. The Bertz CT molecular complexity index is 554. The zero-order valence-corrected chi connectivity index (χ0v) is 18.5. The summed E-state index contributed by atoms with van der Waals surface area (Å²) in [5, 5.41) is 12.7. The van der Waals surface area contributed by atoms with E-state index in [0.29, 0.717) is 5.92 Å². The molecular formula is C21H34IN3O. The van der Waals surface area contributed by atoms with Gasteiger partial charge in [0.05, 0.1) is 0 Å². The number of nitrogens with one attached hydrogen (secondary N) is 1. The molecule has 1 atom stereocenters. The van der Waals surface area contributed by atoms with E-state index in [1.807, 2.05) is 0 Å². The number of benzene rings is 1. The number of aliphatic hydroxyl groups is 1. The molecule has 146 valence electrons. The van der Waals surface area contributed by atoms with Crippen LogP contribution < -0.4 is 5.32 Å². The van der Waals surface area contributed by atoms with Crippen LogP contribution in [-0.2, 0) is 0 Å². The van der Waals surface area contributed by atoms with Crippen molar-refractivity contribution >= 4 is 35.5 Å². The van der Waals surface area contributed by atoms with Gasteiger partial charge in [-0.15, -0.1) is 24.0 Å². The first-order chi connectivity index (χ1) is 12.3. The molecule has 4 nitrogen and oxygen atoms in total. The molecule has 0 aromatic heterocycles. The molecule has 0 aliphatic carbocycles. The van der Waals surface area contributed by atoms with Gasteiger partial charge in [0, 0.05) is 32.8 Å². The zero-order valence-electron chi connectivity index (χ0n) is 16.2. The number of aliphatic hydroxyl groups excluding tert-OH is 1. The summed E-state index contributed by atoms with van der Waals surface area (Å²) in [5.41, 5.74) is 2.76. The van der Waals surface area contributed by atoms with E-state index in [9.17, 15) is 5.11 Å². The number of hydrogen-bond donors (Lipinski definition) is 2. The second-order valence-corrected chi connectivity index (χ2v) is 6.65. The third-order valence-corrected chi connectivity index (χ3v) is 4.72. The minimum Gasteiger partial charge on any atom is -0.396 e. The summed E-state index contributed by atoms with van der Waals surface area (Å²) in [6.07, 6.45) is 6.48. The Hall–Kier alpha value is -1.08. The molecule has 5 heteroatoms. The molecule has 2 N–H and O–H groups in total. The number of rotatable bonds is 8. The first-order valence-corrected chi connectivity index (χ1v) is 9.67. The van der Waals surface area contributed by atoms with Gasteiger partial charge in [0.2, 0.25) is 0 Å². The minimum absolute atomic E-state index is 0. The van der Waals surface area contributed by atoms with Crippen LogP contribution in [0.15, 0.2) is 41.4 Å². The van der Waals surface area contributed by atoms with Crippen LogP contribution >= 0.6 is 24.0 Å². The number of aliphatic imine (C=N–C) groups is 1. The van der Waals surface area contributed by atoms with Crippen molar-refractivity contribution in [2.75, 3.05) is 32.8 Å². The third kappa shape index (κ3) is 7.27. The molecule has 1 aliphatic heterocycles. The second kappa shape index (κ2) is 13.1. The van der Waals surface area contributed by atoms with Crippen molar-refractivity contribution < 1.29 is 5.11 Å². The summed E-state index contributed by atoms with van der Waals surface area (Å²) < 4.78 is 0. The molecule has 0 fully saturated rings. The zero-order chi connectivity index (χ0) is 17.9. The van der Waals surface area contributed by atoms with E-state index in [4.69, 9.17) is 4.99 Å². The van der Waals surface area contributed by atoms with Gasteiger partial charge >= 0.3 is 0 Å². The predicted molar refractivity (Wildman–Crippen MR) is 122 cm³/mol. The first-order valence-electron chi connectivity index (χ1n) is 9.67. The fourth-order valence-electron chi connectivity index (χ4n) is 3.34. The molecule has 1 aromatic rings. The Kier molecular flexibility index (Phi) is 11.6. The van der Waals surface area contributed by atoms with Gasteiger partial charge in [-0.3, -0.25) is 4.99 Å². The number of guanidine groups is 1. The Balaban J connectivity index is 0.00000338. The molecule has 26 heavy (non-hydrogen) atoms. The van der Waals surface area contributed by atoms with Gasteiger partial charge in [-0.1, -0.05) is 49.8 Å². The van der Waals surface area contributed by atoms with Crippen LogP contribution in [0.1, 0.15) is 45.1 Å². The van der Waals surface area contributed by atoms with Gasteiger partial charge in [-0.25, -0.2) is 0 Å². The quantitative estimate of drug-likeness (QED) is 0.340. The van der Waals surface area contributed by atoms with Crippen LogP contribution in [0.3, 0.4) is 0 Å². The van der Waals surface area contributed by atoms with Gasteiger partial charge in [-0.2, -0.15) is 0 Å². The monoisotopic (exact) mass is 471 g/mol. The van der Waals surface area contributed by atoms with Crippen molar-refractivity contribution in [1.29, 1.82) is 0 Å². The summed E-state index contributed by atoms with van der Waals surface area (Å²) in [6.45, 7) is 8.12. The Labute approximate surface area is 175 Å². The second-order valence-electron chi connectivity index (χ2n) is 6.65. The summed E-state index contributed by atoms with van der Waals surface area (Å²) >= 11 is 0. The Morgan fingerprint density at radius 3 is 2.58 bits per heavy atom. The lowest BCUT2D eigenvalue weighted by atomic mass is 9.99. The third-order valence-electron chi connectivity index (χ3n) is 4.72. The molecule has 2 rings (SSSR count). The van der Waals surface area contributed by atoms with Crippen LogP contribution in [0, 0.1) is 5.92 Å². The summed E-state index contributed by atoms with van der Waals surface area (Å²) in [6, 6.07) is 10.6. The average molecular weight is 471 g/mol. The summed E-state index contributed by atoms with van der Waals surface area (Å²) in [4.78, 5) is 7.19. The molecule has 0 bridgehead atoms. The number of halogens is 1. The molecule has 0 spiro atoms. The van der Waals surface area contributed by atoms with E-state index in [1.54, 1.807) is 0 Å². The van der Waals surface area contributed by atoms with Crippen molar-refractivity contribution in [1.82, 2.24) is 10.2 Å². The first kappa shape index (κ1) is 23.0.